The zero-order valence-corrected chi connectivity index (χ0v) is 15.1. The minimum atomic E-state index is -0.793. The Morgan fingerprint density at radius 3 is 2.69 bits per heavy atom. The van der Waals surface area contributed by atoms with Crippen LogP contribution in [-0.4, -0.2) is 25.0 Å². The molecule has 1 N–H and O–H groups in total. The van der Waals surface area contributed by atoms with Gasteiger partial charge in [0.2, 0.25) is 0 Å². The van der Waals surface area contributed by atoms with Crippen molar-refractivity contribution in [1.82, 2.24) is 5.32 Å². The van der Waals surface area contributed by atoms with Gasteiger partial charge in [0.05, 0.1) is 0 Å². The van der Waals surface area contributed by atoms with Gasteiger partial charge in [-0.1, -0.05) is 41.5 Å². The van der Waals surface area contributed by atoms with Crippen molar-refractivity contribution in [2.45, 2.75) is 39.0 Å². The van der Waals surface area contributed by atoms with Crippen molar-refractivity contribution in [2.24, 2.45) is 0 Å². The third kappa shape index (κ3) is 6.56. The van der Waals surface area contributed by atoms with Crippen molar-refractivity contribution in [3.8, 4) is 6.07 Å². The molecule has 1 aliphatic rings. The fourth-order valence-corrected chi connectivity index (χ4v) is 2.72. The number of hydrogen-bond acceptors (Lipinski definition) is 4. The number of allylic oxidation sites excluding steroid dienone is 1. The fourth-order valence-electron chi connectivity index (χ4n) is 2.72. The van der Waals surface area contributed by atoms with Crippen LogP contribution in [0.15, 0.2) is 41.5 Å². The number of benzene rings is 1. The number of amides is 1. The first-order valence-electron chi connectivity index (χ1n) is 8.88. The molecule has 0 aliphatic heterocycles. The molecule has 5 heteroatoms. The summed E-state index contributed by atoms with van der Waals surface area (Å²) in [6.45, 7) is 2.10. The number of rotatable bonds is 7. The second kappa shape index (κ2) is 10.2. The number of carbonyl (C=O) groups is 2. The van der Waals surface area contributed by atoms with Crippen LogP contribution in [0.1, 0.15) is 43.2 Å². The Bertz CT molecular complexity index is 740. The van der Waals surface area contributed by atoms with Crippen molar-refractivity contribution >= 4 is 18.0 Å². The van der Waals surface area contributed by atoms with Crippen LogP contribution in [0, 0.1) is 18.3 Å². The Kier molecular flexibility index (Phi) is 7.63. The Morgan fingerprint density at radius 2 is 2.04 bits per heavy atom. The highest BCUT2D eigenvalue weighted by molar-refractivity contribution is 5.98. The van der Waals surface area contributed by atoms with E-state index in [4.69, 9.17) is 10.00 Å². The molecular weight excluding hydrogens is 328 g/mol. The van der Waals surface area contributed by atoms with E-state index >= 15 is 0 Å². The first-order chi connectivity index (χ1) is 12.6. The number of nitriles is 1. The number of hydrogen-bond donors (Lipinski definition) is 1. The highest BCUT2D eigenvalue weighted by Crippen LogP contribution is 2.19. The summed E-state index contributed by atoms with van der Waals surface area (Å²) in [5.41, 5.74) is 3.06. The predicted molar refractivity (Wildman–Crippen MR) is 99.9 cm³/mol. The smallest absolute Gasteiger partial charge is 0.349 e. The van der Waals surface area contributed by atoms with Crippen molar-refractivity contribution in [3.05, 3.63) is 52.6 Å². The van der Waals surface area contributed by atoms with Crippen LogP contribution < -0.4 is 5.32 Å². The monoisotopic (exact) mass is 352 g/mol. The predicted octanol–water partition coefficient (Wildman–Crippen LogP) is 3.45. The molecule has 0 bridgehead atoms. The average molecular weight is 352 g/mol. The van der Waals surface area contributed by atoms with Gasteiger partial charge in [0.1, 0.15) is 11.6 Å². The molecule has 1 aromatic rings. The summed E-state index contributed by atoms with van der Waals surface area (Å²) in [4.78, 5) is 23.8. The maximum atomic E-state index is 12.0. The molecule has 26 heavy (non-hydrogen) atoms. The van der Waals surface area contributed by atoms with Gasteiger partial charge >= 0.3 is 5.97 Å². The summed E-state index contributed by atoms with van der Waals surface area (Å²) in [5, 5.41) is 11.9. The van der Waals surface area contributed by atoms with E-state index < -0.39 is 5.97 Å². The molecule has 1 amide bonds. The minimum absolute atomic E-state index is 0.131. The molecule has 0 fully saturated rings. The number of nitrogens with zero attached hydrogens (tertiary/aromatic N) is 1. The van der Waals surface area contributed by atoms with E-state index in [1.807, 2.05) is 37.3 Å². The summed E-state index contributed by atoms with van der Waals surface area (Å²) in [5.74, 6) is -1.15. The van der Waals surface area contributed by atoms with Crippen molar-refractivity contribution in [1.29, 1.82) is 5.26 Å². The maximum Gasteiger partial charge on any atom is 0.349 e. The molecule has 0 atom stereocenters. The lowest BCUT2D eigenvalue weighted by Gasteiger charge is -2.12. The van der Waals surface area contributed by atoms with Crippen LogP contribution in [-0.2, 0) is 14.3 Å². The van der Waals surface area contributed by atoms with E-state index in [0.717, 1.165) is 30.4 Å². The number of aryl methyl sites for hydroxylation is 1. The molecule has 0 saturated heterocycles. The fraction of sp³-hybridized carbons (Fsp3) is 0.381. The van der Waals surface area contributed by atoms with Crippen LogP contribution in [0.5, 0.6) is 0 Å². The van der Waals surface area contributed by atoms with E-state index in [1.54, 1.807) is 0 Å². The van der Waals surface area contributed by atoms with Gasteiger partial charge in [0, 0.05) is 6.54 Å². The molecule has 0 spiro atoms. The molecule has 0 aromatic heterocycles. The molecule has 0 saturated carbocycles. The summed E-state index contributed by atoms with van der Waals surface area (Å²) in [7, 11) is 0. The van der Waals surface area contributed by atoms with Crippen LogP contribution >= 0.6 is 0 Å². The summed E-state index contributed by atoms with van der Waals surface area (Å²) in [6, 6.07) is 9.23. The maximum absolute atomic E-state index is 12.0. The molecule has 1 aromatic carbocycles. The van der Waals surface area contributed by atoms with E-state index in [-0.39, 0.29) is 18.1 Å². The number of ether oxygens (including phenoxy) is 1. The number of carbonyl (C=O) groups excluding carboxylic acids is 2. The van der Waals surface area contributed by atoms with Gasteiger partial charge < -0.3 is 10.1 Å². The number of esters is 1. The normalized spacial score (nSPS) is 14.2. The molecule has 1 aliphatic carbocycles. The first kappa shape index (κ1) is 19.5. The van der Waals surface area contributed by atoms with Crippen molar-refractivity contribution in [2.75, 3.05) is 13.2 Å². The van der Waals surface area contributed by atoms with Gasteiger partial charge in [-0.3, -0.25) is 4.79 Å². The van der Waals surface area contributed by atoms with E-state index in [9.17, 15) is 9.59 Å². The highest BCUT2D eigenvalue weighted by atomic mass is 16.5. The van der Waals surface area contributed by atoms with Gasteiger partial charge in [0.15, 0.2) is 6.61 Å². The quantitative estimate of drug-likeness (QED) is 0.353. The van der Waals surface area contributed by atoms with Gasteiger partial charge in [-0.15, -0.1) is 0 Å². The van der Waals surface area contributed by atoms with Crippen LogP contribution in [0.4, 0.5) is 0 Å². The van der Waals surface area contributed by atoms with Gasteiger partial charge in [-0.25, -0.2) is 4.79 Å². The first-order valence-corrected chi connectivity index (χ1v) is 8.88. The Balaban J connectivity index is 1.76. The zero-order chi connectivity index (χ0) is 18.8. The molecule has 2 rings (SSSR count). The Labute approximate surface area is 154 Å². The second-order valence-corrected chi connectivity index (χ2v) is 6.36. The highest BCUT2D eigenvalue weighted by Gasteiger charge is 2.13. The molecule has 0 heterocycles. The Morgan fingerprint density at radius 1 is 1.27 bits per heavy atom. The van der Waals surface area contributed by atoms with E-state index in [0.29, 0.717) is 6.54 Å². The third-order valence-corrected chi connectivity index (χ3v) is 4.22. The lowest BCUT2D eigenvalue weighted by atomic mass is 9.97. The molecule has 0 unspecified atom stereocenters. The lowest BCUT2D eigenvalue weighted by molar-refractivity contribution is -0.144. The third-order valence-electron chi connectivity index (χ3n) is 4.22. The summed E-state index contributed by atoms with van der Waals surface area (Å²) in [6.07, 6.45) is 9.19. The van der Waals surface area contributed by atoms with Crippen LogP contribution in [0.2, 0.25) is 0 Å². The van der Waals surface area contributed by atoms with Crippen LogP contribution in [0.3, 0.4) is 0 Å². The lowest BCUT2D eigenvalue weighted by Crippen LogP contribution is -2.30. The van der Waals surface area contributed by atoms with Crippen molar-refractivity contribution in [3.63, 3.8) is 0 Å². The standard InChI is InChI=1S/C21H24N2O3/c1-16-7-9-18(10-8-16)13-19(14-22)21(25)26-15-20(24)23-12-11-17-5-3-2-4-6-17/h5,7-10,13H,2-4,6,11-12,15H2,1H3,(H,23,24)/b19-13+. The molecule has 0 radical (unpaired) electrons. The Hall–Kier alpha value is -2.87. The topological polar surface area (TPSA) is 79.2 Å². The molecular formula is C21H24N2O3. The second-order valence-electron chi connectivity index (χ2n) is 6.36. The van der Waals surface area contributed by atoms with E-state index in [2.05, 4.69) is 11.4 Å². The van der Waals surface area contributed by atoms with Gasteiger partial charge in [-0.2, -0.15) is 5.26 Å². The average Bonchev–Trinajstić information content (AvgIpc) is 2.66. The SMILES string of the molecule is Cc1ccc(/C=C(\C#N)C(=O)OCC(=O)NCCC2=CCCCC2)cc1. The molecule has 136 valence electrons. The largest absolute Gasteiger partial charge is 0.451 e. The van der Waals surface area contributed by atoms with E-state index in [1.165, 1.54) is 24.5 Å². The summed E-state index contributed by atoms with van der Waals surface area (Å²) < 4.78 is 4.94. The van der Waals surface area contributed by atoms with Crippen LogP contribution in [0.25, 0.3) is 6.08 Å². The minimum Gasteiger partial charge on any atom is -0.451 e. The van der Waals surface area contributed by atoms with Gasteiger partial charge in [0.25, 0.3) is 5.91 Å². The zero-order valence-electron chi connectivity index (χ0n) is 15.1. The summed E-state index contributed by atoms with van der Waals surface area (Å²) >= 11 is 0. The van der Waals surface area contributed by atoms with Gasteiger partial charge in [-0.05, 0) is 50.7 Å². The molecule has 5 nitrogen and oxygen atoms in total. The number of nitrogens with one attached hydrogen (secondary N) is 1. The van der Waals surface area contributed by atoms with Crippen molar-refractivity contribution < 1.29 is 14.3 Å².